The predicted molar refractivity (Wildman–Crippen MR) is 91.8 cm³/mol. The first-order chi connectivity index (χ1) is 12.2. The van der Waals surface area contributed by atoms with E-state index in [-0.39, 0.29) is 0 Å². The van der Waals surface area contributed by atoms with E-state index in [0.29, 0.717) is 28.2 Å². The highest BCUT2D eigenvalue weighted by Gasteiger charge is 2.58. The van der Waals surface area contributed by atoms with E-state index in [2.05, 4.69) is 15.3 Å². The van der Waals surface area contributed by atoms with Gasteiger partial charge in [-0.3, -0.25) is 9.78 Å². The van der Waals surface area contributed by atoms with Crippen LogP contribution in [-0.4, -0.2) is 27.2 Å². The second kappa shape index (κ2) is 6.65. The SMILES string of the molecule is Cc1csc([C@@](O)(CC(=O)Nc2ccc3ncccc3c2)C(F)(F)F)n1. The number of amides is 1. The van der Waals surface area contributed by atoms with Crippen molar-refractivity contribution in [2.24, 2.45) is 0 Å². The zero-order valence-electron chi connectivity index (χ0n) is 13.5. The van der Waals surface area contributed by atoms with Gasteiger partial charge < -0.3 is 10.4 Å². The number of anilines is 1. The maximum atomic E-state index is 13.4. The number of hydrogen-bond donors (Lipinski definition) is 2. The zero-order chi connectivity index (χ0) is 18.9. The summed E-state index contributed by atoms with van der Waals surface area (Å²) in [5.41, 5.74) is -1.99. The van der Waals surface area contributed by atoms with Crippen molar-refractivity contribution in [3.63, 3.8) is 0 Å². The minimum atomic E-state index is -5.04. The fraction of sp³-hybridized carbons (Fsp3) is 0.235. The Labute approximate surface area is 150 Å². The number of aromatic nitrogens is 2. The summed E-state index contributed by atoms with van der Waals surface area (Å²) in [5.74, 6) is -0.971. The van der Waals surface area contributed by atoms with E-state index in [1.807, 2.05) is 0 Å². The van der Waals surface area contributed by atoms with E-state index < -0.39 is 29.1 Å². The van der Waals surface area contributed by atoms with Crippen LogP contribution in [0, 0.1) is 6.92 Å². The molecule has 1 atom stereocenters. The number of fused-ring (bicyclic) bond motifs is 1. The molecule has 3 rings (SSSR count). The first kappa shape index (κ1) is 18.3. The van der Waals surface area contributed by atoms with E-state index in [9.17, 15) is 23.1 Å². The summed E-state index contributed by atoms with van der Waals surface area (Å²) in [6.07, 6.45) is -4.61. The van der Waals surface area contributed by atoms with Gasteiger partial charge in [0.1, 0.15) is 5.01 Å². The monoisotopic (exact) mass is 381 g/mol. The molecule has 1 aromatic carbocycles. The van der Waals surface area contributed by atoms with Crippen molar-refractivity contribution < 1.29 is 23.1 Å². The fourth-order valence-corrected chi connectivity index (χ4v) is 3.35. The highest BCUT2D eigenvalue weighted by Crippen LogP contribution is 2.43. The quantitative estimate of drug-likeness (QED) is 0.721. The number of rotatable bonds is 4. The zero-order valence-corrected chi connectivity index (χ0v) is 14.4. The molecule has 5 nitrogen and oxygen atoms in total. The molecule has 136 valence electrons. The smallest absolute Gasteiger partial charge is 0.374 e. The first-order valence-corrected chi connectivity index (χ1v) is 8.43. The van der Waals surface area contributed by atoms with E-state index in [1.54, 1.807) is 30.5 Å². The second-order valence-electron chi connectivity index (χ2n) is 5.79. The molecule has 2 aromatic heterocycles. The Bertz CT molecular complexity index is 958. The van der Waals surface area contributed by atoms with Crippen molar-refractivity contribution in [3.05, 3.63) is 52.6 Å². The molecule has 0 bridgehead atoms. The number of benzene rings is 1. The number of carbonyl (C=O) groups is 1. The number of nitrogens with one attached hydrogen (secondary N) is 1. The van der Waals surface area contributed by atoms with E-state index >= 15 is 0 Å². The number of alkyl halides is 3. The van der Waals surface area contributed by atoms with E-state index in [1.165, 1.54) is 18.4 Å². The summed E-state index contributed by atoms with van der Waals surface area (Å²) in [6.45, 7) is 1.51. The number of aliphatic hydroxyl groups is 1. The lowest BCUT2D eigenvalue weighted by Crippen LogP contribution is -2.45. The number of halogens is 3. The lowest BCUT2D eigenvalue weighted by molar-refractivity contribution is -0.266. The van der Waals surface area contributed by atoms with Crippen LogP contribution >= 0.6 is 11.3 Å². The Morgan fingerprint density at radius 2 is 2.08 bits per heavy atom. The summed E-state index contributed by atoms with van der Waals surface area (Å²) in [4.78, 5) is 20.0. The molecule has 0 spiro atoms. The minimum Gasteiger partial charge on any atom is -0.374 e. The van der Waals surface area contributed by atoms with E-state index in [4.69, 9.17) is 0 Å². The van der Waals surface area contributed by atoms with E-state index in [0.717, 1.165) is 5.39 Å². The van der Waals surface area contributed by atoms with Gasteiger partial charge in [0, 0.05) is 28.3 Å². The number of nitrogens with zero attached hydrogens (tertiary/aromatic N) is 2. The number of pyridine rings is 1. The second-order valence-corrected chi connectivity index (χ2v) is 6.65. The molecule has 0 saturated heterocycles. The molecule has 2 N–H and O–H groups in total. The maximum Gasteiger partial charge on any atom is 0.424 e. The molecule has 9 heteroatoms. The number of thiazole rings is 1. The summed E-state index contributed by atoms with van der Waals surface area (Å²) in [7, 11) is 0. The fourth-order valence-electron chi connectivity index (χ4n) is 2.43. The van der Waals surface area contributed by atoms with Gasteiger partial charge in [-0.25, -0.2) is 4.98 Å². The predicted octanol–water partition coefficient (Wildman–Crippen LogP) is 3.78. The van der Waals surface area contributed by atoms with Crippen LogP contribution in [0.1, 0.15) is 17.1 Å². The van der Waals surface area contributed by atoms with Gasteiger partial charge in [-0.15, -0.1) is 11.3 Å². The Hall–Kier alpha value is -2.52. The lowest BCUT2D eigenvalue weighted by Gasteiger charge is -2.27. The van der Waals surface area contributed by atoms with Crippen LogP contribution in [0.4, 0.5) is 18.9 Å². The van der Waals surface area contributed by atoms with Gasteiger partial charge in [0.15, 0.2) is 0 Å². The van der Waals surface area contributed by atoms with Crippen LogP contribution < -0.4 is 5.32 Å². The van der Waals surface area contributed by atoms with Gasteiger partial charge in [0.2, 0.25) is 11.5 Å². The third kappa shape index (κ3) is 3.54. The van der Waals surface area contributed by atoms with Crippen molar-refractivity contribution in [1.29, 1.82) is 0 Å². The molecular weight excluding hydrogens is 367 g/mol. The molecule has 1 amide bonds. The highest BCUT2D eigenvalue weighted by molar-refractivity contribution is 7.09. The van der Waals surface area contributed by atoms with Gasteiger partial charge in [0.05, 0.1) is 11.9 Å². The molecule has 0 unspecified atom stereocenters. The van der Waals surface area contributed by atoms with Crippen LogP contribution in [0.25, 0.3) is 10.9 Å². The van der Waals surface area contributed by atoms with Crippen molar-refractivity contribution in [2.45, 2.75) is 25.1 Å². The number of aryl methyl sites for hydroxylation is 1. The summed E-state index contributed by atoms with van der Waals surface area (Å²) in [5, 5.41) is 14.2. The molecule has 0 fully saturated rings. The molecule has 26 heavy (non-hydrogen) atoms. The molecule has 0 saturated carbocycles. The van der Waals surface area contributed by atoms with Crippen LogP contribution in [0.3, 0.4) is 0 Å². The van der Waals surface area contributed by atoms with Gasteiger partial charge in [-0.1, -0.05) is 6.07 Å². The van der Waals surface area contributed by atoms with Crippen molar-refractivity contribution in [3.8, 4) is 0 Å². The third-order valence-electron chi connectivity index (χ3n) is 3.74. The number of carbonyl (C=O) groups excluding carboxylic acids is 1. The normalized spacial score (nSPS) is 14.2. The van der Waals surface area contributed by atoms with Crippen LogP contribution in [0.15, 0.2) is 41.9 Å². The standard InChI is InChI=1S/C17H14F3N3O2S/c1-10-9-26-15(22-10)16(25,17(18,19)20)8-14(24)23-12-4-5-13-11(7-12)3-2-6-21-13/h2-7,9,25H,8H2,1H3,(H,23,24)/t16-/m0/s1. The van der Waals surface area contributed by atoms with Gasteiger partial charge in [-0.05, 0) is 31.2 Å². The van der Waals surface area contributed by atoms with Crippen molar-refractivity contribution in [2.75, 3.05) is 5.32 Å². The summed E-state index contributed by atoms with van der Waals surface area (Å²) < 4.78 is 40.3. The molecule has 3 aromatic rings. The average Bonchev–Trinajstić information content (AvgIpc) is 3.00. The van der Waals surface area contributed by atoms with Gasteiger partial charge >= 0.3 is 6.18 Å². The Balaban J connectivity index is 1.83. The van der Waals surface area contributed by atoms with Crippen molar-refractivity contribution >= 4 is 33.8 Å². The minimum absolute atomic E-state index is 0.315. The summed E-state index contributed by atoms with van der Waals surface area (Å²) in [6, 6.07) is 8.25. The van der Waals surface area contributed by atoms with Gasteiger partial charge in [-0.2, -0.15) is 13.2 Å². The summed E-state index contributed by atoms with van der Waals surface area (Å²) >= 11 is 0.664. The Morgan fingerprint density at radius 1 is 1.31 bits per heavy atom. The third-order valence-corrected chi connectivity index (χ3v) is 4.86. The average molecular weight is 381 g/mol. The van der Waals surface area contributed by atoms with Crippen LogP contribution in [0.5, 0.6) is 0 Å². The molecule has 0 radical (unpaired) electrons. The molecular formula is C17H14F3N3O2S. The highest BCUT2D eigenvalue weighted by atomic mass is 32.1. The molecule has 2 heterocycles. The topological polar surface area (TPSA) is 75.1 Å². The molecule has 0 aliphatic rings. The Morgan fingerprint density at radius 3 is 2.73 bits per heavy atom. The largest absolute Gasteiger partial charge is 0.424 e. The molecule has 0 aliphatic carbocycles. The van der Waals surface area contributed by atoms with Crippen molar-refractivity contribution in [1.82, 2.24) is 9.97 Å². The first-order valence-electron chi connectivity index (χ1n) is 7.55. The lowest BCUT2D eigenvalue weighted by atomic mass is 9.99. The number of hydrogen-bond acceptors (Lipinski definition) is 5. The Kier molecular flexibility index (Phi) is 4.68. The van der Waals surface area contributed by atoms with Crippen LogP contribution in [-0.2, 0) is 10.4 Å². The maximum absolute atomic E-state index is 13.4. The molecule has 0 aliphatic heterocycles. The van der Waals surface area contributed by atoms with Gasteiger partial charge in [0.25, 0.3) is 0 Å². The van der Waals surface area contributed by atoms with Crippen LogP contribution in [0.2, 0.25) is 0 Å².